The smallest absolute Gasteiger partial charge is 0.222 e. The maximum absolute atomic E-state index is 12.7. The normalized spacial score (nSPS) is 20.9. The van der Waals surface area contributed by atoms with Crippen molar-refractivity contribution in [3.05, 3.63) is 52.3 Å². The van der Waals surface area contributed by atoms with Crippen LogP contribution in [-0.2, 0) is 17.8 Å². The summed E-state index contributed by atoms with van der Waals surface area (Å²) in [6.07, 6.45) is 1.37. The molecule has 0 unspecified atom stereocenters. The lowest BCUT2D eigenvalue weighted by molar-refractivity contribution is -0.130. The summed E-state index contributed by atoms with van der Waals surface area (Å²) in [5.74, 6) is 1.62. The van der Waals surface area contributed by atoms with Crippen LogP contribution in [0.5, 0.6) is 0 Å². The maximum atomic E-state index is 12.7. The highest BCUT2D eigenvalue weighted by atomic mass is 35.5. The first-order valence-electron chi connectivity index (χ1n) is 10.1. The highest BCUT2D eigenvalue weighted by Crippen LogP contribution is 2.27. The second-order valence-corrected chi connectivity index (χ2v) is 8.27. The Morgan fingerprint density at radius 1 is 1.11 bits per heavy atom. The zero-order valence-corrected chi connectivity index (χ0v) is 17.9. The summed E-state index contributed by atoms with van der Waals surface area (Å²) >= 11 is 0. The minimum Gasteiger partial charge on any atom is -0.342 e. The molecule has 28 heavy (non-hydrogen) atoms. The van der Waals surface area contributed by atoms with E-state index in [0.29, 0.717) is 24.2 Å². The molecule has 2 aliphatic heterocycles. The Morgan fingerprint density at radius 3 is 2.39 bits per heavy atom. The highest BCUT2D eigenvalue weighted by Gasteiger charge is 2.37. The molecule has 1 aromatic heterocycles. The van der Waals surface area contributed by atoms with Gasteiger partial charge in [-0.3, -0.25) is 9.48 Å². The van der Waals surface area contributed by atoms with Crippen molar-refractivity contribution < 1.29 is 4.79 Å². The van der Waals surface area contributed by atoms with Crippen LogP contribution in [0, 0.1) is 32.6 Å². The summed E-state index contributed by atoms with van der Waals surface area (Å²) in [5.41, 5.74) is 5.99. The van der Waals surface area contributed by atoms with Gasteiger partial charge in [0.2, 0.25) is 5.91 Å². The van der Waals surface area contributed by atoms with E-state index in [1.807, 2.05) is 0 Å². The van der Waals surface area contributed by atoms with Crippen molar-refractivity contribution in [1.29, 1.82) is 0 Å². The number of carbonyl (C=O) groups is 1. The third-order valence-electron chi connectivity index (χ3n) is 6.32. The summed E-state index contributed by atoms with van der Waals surface area (Å²) in [6.45, 7) is 11.1. The lowest BCUT2D eigenvalue weighted by Crippen LogP contribution is -2.32. The second kappa shape index (κ2) is 8.66. The largest absolute Gasteiger partial charge is 0.342 e. The van der Waals surface area contributed by atoms with Gasteiger partial charge in [-0.05, 0) is 50.2 Å². The summed E-state index contributed by atoms with van der Waals surface area (Å²) in [7, 11) is 0. The number of rotatable bonds is 5. The van der Waals surface area contributed by atoms with E-state index in [9.17, 15) is 4.79 Å². The average Bonchev–Trinajstić information content (AvgIpc) is 3.30. The molecule has 2 fully saturated rings. The molecule has 152 valence electrons. The Hall–Kier alpha value is -1.85. The molecule has 6 heteroatoms. The first-order chi connectivity index (χ1) is 13.0. The fourth-order valence-corrected chi connectivity index (χ4v) is 4.57. The quantitative estimate of drug-likeness (QED) is 0.836. The number of hydrogen-bond donors (Lipinski definition) is 1. The van der Waals surface area contributed by atoms with Crippen molar-refractivity contribution in [3.8, 4) is 0 Å². The van der Waals surface area contributed by atoms with Crippen LogP contribution in [-0.4, -0.2) is 46.8 Å². The fourth-order valence-electron chi connectivity index (χ4n) is 4.57. The van der Waals surface area contributed by atoms with E-state index in [1.54, 1.807) is 0 Å². The molecule has 2 aliphatic rings. The maximum Gasteiger partial charge on any atom is 0.222 e. The number of likely N-dealkylation sites (tertiary alicyclic amines) is 1. The van der Waals surface area contributed by atoms with Gasteiger partial charge in [0.15, 0.2) is 0 Å². The van der Waals surface area contributed by atoms with Gasteiger partial charge in [-0.2, -0.15) is 5.10 Å². The van der Waals surface area contributed by atoms with Crippen LogP contribution in [0.25, 0.3) is 0 Å². The van der Waals surface area contributed by atoms with Crippen molar-refractivity contribution in [1.82, 2.24) is 20.0 Å². The Kier molecular flexibility index (Phi) is 6.46. The molecule has 3 heterocycles. The monoisotopic (exact) mass is 402 g/mol. The molecule has 4 rings (SSSR count). The molecule has 5 nitrogen and oxygen atoms in total. The van der Waals surface area contributed by atoms with Crippen molar-refractivity contribution >= 4 is 18.3 Å². The Labute approximate surface area is 173 Å². The molecular formula is C22H31ClN4O. The van der Waals surface area contributed by atoms with E-state index in [-0.39, 0.29) is 12.4 Å². The van der Waals surface area contributed by atoms with Gasteiger partial charge < -0.3 is 10.2 Å². The average molecular weight is 403 g/mol. The lowest BCUT2D eigenvalue weighted by Gasteiger charge is -2.17. The van der Waals surface area contributed by atoms with Crippen LogP contribution in [0.2, 0.25) is 0 Å². The van der Waals surface area contributed by atoms with Gasteiger partial charge >= 0.3 is 0 Å². The van der Waals surface area contributed by atoms with Gasteiger partial charge in [0.25, 0.3) is 0 Å². The topological polar surface area (TPSA) is 50.2 Å². The molecule has 2 aromatic rings. The molecule has 0 spiro atoms. The molecule has 2 saturated heterocycles. The second-order valence-electron chi connectivity index (χ2n) is 8.27. The predicted molar refractivity (Wildman–Crippen MR) is 114 cm³/mol. The number of aryl methyl sites for hydroxylation is 2. The Bertz CT molecular complexity index is 818. The van der Waals surface area contributed by atoms with E-state index in [0.717, 1.165) is 44.8 Å². The fraction of sp³-hybridized carbons (Fsp3) is 0.545. The van der Waals surface area contributed by atoms with Gasteiger partial charge in [0.05, 0.1) is 12.2 Å². The molecule has 0 bridgehead atoms. The SMILES string of the molecule is Cc1ccc(Cn2nc(C)c(CCC(=O)N3C[C@H]4CNC[C@H]4C3)c2C)cc1.Cl. The van der Waals surface area contributed by atoms with Gasteiger partial charge in [-0.1, -0.05) is 29.8 Å². The molecule has 0 aliphatic carbocycles. The predicted octanol–water partition coefficient (Wildman–Crippen LogP) is 2.89. The first-order valence-corrected chi connectivity index (χ1v) is 10.1. The molecule has 1 aromatic carbocycles. The molecular weight excluding hydrogens is 372 g/mol. The number of nitrogens with one attached hydrogen (secondary N) is 1. The van der Waals surface area contributed by atoms with Crippen molar-refractivity contribution in [3.63, 3.8) is 0 Å². The third kappa shape index (κ3) is 4.26. The van der Waals surface area contributed by atoms with Crippen LogP contribution < -0.4 is 5.32 Å². The van der Waals surface area contributed by atoms with E-state index in [4.69, 9.17) is 5.10 Å². The van der Waals surface area contributed by atoms with Crippen LogP contribution in [0.1, 0.15) is 34.5 Å². The number of nitrogens with zero attached hydrogens (tertiary/aromatic N) is 3. The summed E-state index contributed by atoms with van der Waals surface area (Å²) in [4.78, 5) is 14.8. The summed E-state index contributed by atoms with van der Waals surface area (Å²) < 4.78 is 2.08. The Balaban J connectivity index is 0.00000225. The summed E-state index contributed by atoms with van der Waals surface area (Å²) in [5, 5.41) is 8.17. The van der Waals surface area contributed by atoms with E-state index >= 15 is 0 Å². The first kappa shape index (κ1) is 20.9. The molecule has 1 amide bonds. The zero-order valence-electron chi connectivity index (χ0n) is 17.1. The number of amides is 1. The van der Waals surface area contributed by atoms with Gasteiger partial charge in [-0.15, -0.1) is 12.4 Å². The number of aromatic nitrogens is 2. The van der Waals surface area contributed by atoms with E-state index < -0.39 is 0 Å². The molecule has 2 atom stereocenters. The van der Waals surface area contributed by atoms with E-state index in [1.165, 1.54) is 22.4 Å². The summed E-state index contributed by atoms with van der Waals surface area (Å²) in [6, 6.07) is 8.60. The van der Waals surface area contributed by atoms with Gasteiger partial charge in [-0.25, -0.2) is 0 Å². The number of carbonyl (C=O) groups excluding carboxylic acids is 1. The van der Waals surface area contributed by atoms with Crippen molar-refractivity contribution in [2.24, 2.45) is 11.8 Å². The molecule has 1 N–H and O–H groups in total. The van der Waals surface area contributed by atoms with Gasteiger partial charge in [0, 0.05) is 38.3 Å². The van der Waals surface area contributed by atoms with Crippen LogP contribution in [0.4, 0.5) is 0 Å². The molecule has 0 radical (unpaired) electrons. The minimum atomic E-state index is 0. The van der Waals surface area contributed by atoms with Gasteiger partial charge in [0.1, 0.15) is 0 Å². The van der Waals surface area contributed by atoms with Crippen molar-refractivity contribution in [2.75, 3.05) is 26.2 Å². The lowest BCUT2D eigenvalue weighted by atomic mass is 10.0. The van der Waals surface area contributed by atoms with E-state index in [2.05, 4.69) is 59.9 Å². The number of hydrogen-bond acceptors (Lipinski definition) is 3. The minimum absolute atomic E-state index is 0. The van der Waals surface area contributed by atoms with Crippen LogP contribution in [0.3, 0.4) is 0 Å². The molecule has 0 saturated carbocycles. The number of benzene rings is 1. The third-order valence-corrected chi connectivity index (χ3v) is 6.32. The highest BCUT2D eigenvalue weighted by molar-refractivity contribution is 5.85. The van der Waals surface area contributed by atoms with Crippen molar-refractivity contribution in [2.45, 2.75) is 40.2 Å². The van der Waals surface area contributed by atoms with Crippen LogP contribution in [0.15, 0.2) is 24.3 Å². The number of fused-ring (bicyclic) bond motifs is 1. The zero-order chi connectivity index (χ0) is 19.0. The van der Waals surface area contributed by atoms with Crippen LogP contribution >= 0.6 is 12.4 Å². The number of halogens is 1. The standard InChI is InChI=1S/C22H30N4O.ClH/c1-15-4-6-18(7-5-15)12-26-17(3)21(16(2)24-26)8-9-22(27)25-13-19-10-23-11-20(19)14-25;/h4-7,19-20,23H,8-14H2,1-3H3;1H/t19-,20+;. The Morgan fingerprint density at radius 2 is 1.75 bits per heavy atom.